The summed E-state index contributed by atoms with van der Waals surface area (Å²) in [7, 11) is 0. The van der Waals surface area contributed by atoms with Gasteiger partial charge in [-0.25, -0.2) is 0 Å². The smallest absolute Gasteiger partial charge is 0.219 e. The summed E-state index contributed by atoms with van der Waals surface area (Å²) in [6, 6.07) is 0. The first kappa shape index (κ1) is 18.8. The highest BCUT2D eigenvalue weighted by atomic mass is 16.1. The van der Waals surface area contributed by atoms with Crippen LogP contribution in [0, 0.1) is 5.92 Å². The van der Waals surface area contributed by atoms with Gasteiger partial charge in [0.15, 0.2) is 0 Å². The maximum atomic E-state index is 11.5. The molecular weight excluding hydrogens is 254 g/mol. The molecule has 0 radical (unpaired) electrons. The molecule has 0 aromatic rings. The molecule has 0 aromatic carbocycles. The highest BCUT2D eigenvalue weighted by Crippen LogP contribution is 2.06. The Labute approximate surface area is 122 Å². The maximum absolute atomic E-state index is 11.5. The minimum absolute atomic E-state index is 0.0619. The summed E-state index contributed by atoms with van der Waals surface area (Å²) in [4.78, 5) is 33.6. The molecule has 0 aromatic heterocycles. The summed E-state index contributed by atoms with van der Waals surface area (Å²) in [6.45, 7) is 6.11. The standard InChI is InChI=1S/C16H29NO3/c1-13(2)15(19)10-5-4-8-12-17-16(20)11-7-6-9-14(3)18/h13H,4-12H2,1-3H3,(H,17,20). The van der Waals surface area contributed by atoms with E-state index in [2.05, 4.69) is 5.32 Å². The second kappa shape index (κ2) is 11.6. The van der Waals surface area contributed by atoms with Crippen molar-refractivity contribution >= 4 is 17.5 Å². The molecule has 0 saturated carbocycles. The van der Waals surface area contributed by atoms with Gasteiger partial charge in [-0.3, -0.25) is 9.59 Å². The Kier molecular flexibility index (Phi) is 10.9. The normalized spacial score (nSPS) is 10.6. The van der Waals surface area contributed by atoms with Gasteiger partial charge in [0.1, 0.15) is 11.6 Å². The molecule has 0 bridgehead atoms. The first-order chi connectivity index (χ1) is 9.43. The van der Waals surface area contributed by atoms with E-state index in [1.807, 2.05) is 13.8 Å². The van der Waals surface area contributed by atoms with E-state index in [-0.39, 0.29) is 17.6 Å². The van der Waals surface area contributed by atoms with E-state index in [0.717, 1.165) is 32.1 Å². The topological polar surface area (TPSA) is 63.2 Å². The van der Waals surface area contributed by atoms with Crippen molar-refractivity contribution in [1.82, 2.24) is 5.32 Å². The molecule has 1 N–H and O–H groups in total. The summed E-state index contributed by atoms with van der Waals surface area (Å²) >= 11 is 0. The Balaban J connectivity index is 3.35. The zero-order chi connectivity index (χ0) is 15.4. The average molecular weight is 283 g/mol. The molecule has 1 amide bonds. The number of ketones is 2. The van der Waals surface area contributed by atoms with Gasteiger partial charge in [0, 0.05) is 31.7 Å². The predicted molar refractivity (Wildman–Crippen MR) is 80.5 cm³/mol. The van der Waals surface area contributed by atoms with Gasteiger partial charge >= 0.3 is 0 Å². The SMILES string of the molecule is CC(=O)CCCCC(=O)NCCCCCC(=O)C(C)C. The number of amides is 1. The molecule has 0 unspecified atom stereocenters. The summed E-state index contributed by atoms with van der Waals surface area (Å²) in [6.07, 6.45) is 6.08. The lowest BCUT2D eigenvalue weighted by atomic mass is 10.0. The molecule has 0 saturated heterocycles. The van der Waals surface area contributed by atoms with Gasteiger partial charge < -0.3 is 10.1 Å². The number of carbonyl (C=O) groups excluding carboxylic acids is 3. The second-order valence-electron chi connectivity index (χ2n) is 5.69. The number of nitrogens with one attached hydrogen (secondary N) is 1. The molecule has 0 aliphatic rings. The number of Topliss-reactive ketones (excluding diaryl/α,β-unsaturated/α-hetero) is 2. The van der Waals surface area contributed by atoms with E-state index in [0.29, 0.717) is 31.6 Å². The molecule has 0 atom stereocenters. The highest BCUT2D eigenvalue weighted by molar-refractivity contribution is 5.80. The van der Waals surface area contributed by atoms with E-state index in [9.17, 15) is 14.4 Å². The fourth-order valence-corrected chi connectivity index (χ4v) is 1.87. The third kappa shape index (κ3) is 11.9. The van der Waals surface area contributed by atoms with Crippen molar-refractivity contribution in [3.63, 3.8) is 0 Å². The molecule has 0 fully saturated rings. The summed E-state index contributed by atoms with van der Waals surface area (Å²) in [5.41, 5.74) is 0. The van der Waals surface area contributed by atoms with E-state index in [4.69, 9.17) is 0 Å². The van der Waals surface area contributed by atoms with Gasteiger partial charge in [-0.2, -0.15) is 0 Å². The Hall–Kier alpha value is -1.19. The van der Waals surface area contributed by atoms with Crippen LogP contribution in [0.15, 0.2) is 0 Å². The third-order valence-corrected chi connectivity index (χ3v) is 3.25. The van der Waals surface area contributed by atoms with Crippen molar-refractivity contribution in [2.75, 3.05) is 6.54 Å². The van der Waals surface area contributed by atoms with Crippen LogP contribution in [-0.2, 0) is 14.4 Å². The molecule has 4 nitrogen and oxygen atoms in total. The van der Waals surface area contributed by atoms with Crippen LogP contribution in [0.5, 0.6) is 0 Å². The number of unbranched alkanes of at least 4 members (excludes halogenated alkanes) is 3. The Morgan fingerprint density at radius 2 is 1.45 bits per heavy atom. The molecular formula is C16H29NO3. The number of rotatable bonds is 12. The number of hydrogen-bond donors (Lipinski definition) is 1. The molecule has 4 heteroatoms. The van der Waals surface area contributed by atoms with E-state index < -0.39 is 0 Å². The van der Waals surface area contributed by atoms with Crippen molar-refractivity contribution in [3.8, 4) is 0 Å². The Bertz CT molecular complexity index is 311. The molecule has 116 valence electrons. The quantitative estimate of drug-likeness (QED) is 0.560. The lowest BCUT2D eigenvalue weighted by Crippen LogP contribution is -2.24. The fourth-order valence-electron chi connectivity index (χ4n) is 1.87. The van der Waals surface area contributed by atoms with Gasteiger partial charge in [0.2, 0.25) is 5.91 Å². The second-order valence-corrected chi connectivity index (χ2v) is 5.69. The lowest BCUT2D eigenvalue weighted by molar-refractivity contribution is -0.122. The van der Waals surface area contributed by atoms with Crippen molar-refractivity contribution in [3.05, 3.63) is 0 Å². The first-order valence-corrected chi connectivity index (χ1v) is 7.72. The van der Waals surface area contributed by atoms with E-state index in [1.54, 1.807) is 6.92 Å². The van der Waals surface area contributed by atoms with Crippen LogP contribution in [0.3, 0.4) is 0 Å². The monoisotopic (exact) mass is 283 g/mol. The maximum Gasteiger partial charge on any atom is 0.219 e. The van der Waals surface area contributed by atoms with Crippen LogP contribution in [0.4, 0.5) is 0 Å². The van der Waals surface area contributed by atoms with E-state index >= 15 is 0 Å². The fraction of sp³-hybridized carbons (Fsp3) is 0.812. The van der Waals surface area contributed by atoms with Gasteiger partial charge in [-0.05, 0) is 32.6 Å². The molecule has 0 aliphatic carbocycles. The minimum Gasteiger partial charge on any atom is -0.356 e. The van der Waals surface area contributed by atoms with Crippen LogP contribution in [0.1, 0.15) is 72.1 Å². The van der Waals surface area contributed by atoms with Gasteiger partial charge in [0.05, 0.1) is 0 Å². The third-order valence-electron chi connectivity index (χ3n) is 3.25. The lowest BCUT2D eigenvalue weighted by Gasteiger charge is -2.06. The van der Waals surface area contributed by atoms with Crippen LogP contribution in [0.25, 0.3) is 0 Å². The van der Waals surface area contributed by atoms with Crippen molar-refractivity contribution in [1.29, 1.82) is 0 Å². The number of carbonyl (C=O) groups is 3. The summed E-state index contributed by atoms with van der Waals surface area (Å²) in [5.74, 6) is 0.692. The first-order valence-electron chi connectivity index (χ1n) is 7.72. The van der Waals surface area contributed by atoms with Crippen molar-refractivity contribution in [2.45, 2.75) is 72.1 Å². The van der Waals surface area contributed by atoms with E-state index in [1.165, 1.54) is 0 Å². The predicted octanol–water partition coefficient (Wildman–Crippen LogP) is 3.04. The molecule has 0 spiro atoms. The zero-order valence-electron chi connectivity index (χ0n) is 13.2. The van der Waals surface area contributed by atoms with Crippen LogP contribution >= 0.6 is 0 Å². The zero-order valence-corrected chi connectivity index (χ0v) is 13.2. The highest BCUT2D eigenvalue weighted by Gasteiger charge is 2.06. The largest absolute Gasteiger partial charge is 0.356 e. The van der Waals surface area contributed by atoms with Crippen LogP contribution < -0.4 is 5.32 Å². The summed E-state index contributed by atoms with van der Waals surface area (Å²) in [5, 5.41) is 2.87. The Morgan fingerprint density at radius 3 is 2.05 bits per heavy atom. The van der Waals surface area contributed by atoms with Gasteiger partial charge in [0.25, 0.3) is 0 Å². The summed E-state index contributed by atoms with van der Waals surface area (Å²) < 4.78 is 0. The minimum atomic E-state index is 0.0619. The molecule has 0 aliphatic heterocycles. The van der Waals surface area contributed by atoms with Crippen LogP contribution in [0.2, 0.25) is 0 Å². The van der Waals surface area contributed by atoms with Crippen LogP contribution in [-0.4, -0.2) is 24.0 Å². The van der Waals surface area contributed by atoms with Crippen molar-refractivity contribution in [2.24, 2.45) is 5.92 Å². The van der Waals surface area contributed by atoms with Crippen molar-refractivity contribution < 1.29 is 14.4 Å². The van der Waals surface area contributed by atoms with Gasteiger partial charge in [-0.1, -0.05) is 20.3 Å². The molecule has 0 heterocycles. The van der Waals surface area contributed by atoms with Gasteiger partial charge in [-0.15, -0.1) is 0 Å². The average Bonchev–Trinajstić information content (AvgIpc) is 2.38. The number of hydrogen-bond acceptors (Lipinski definition) is 3. The molecule has 0 rings (SSSR count). The Morgan fingerprint density at radius 1 is 0.850 bits per heavy atom. The molecule has 20 heavy (non-hydrogen) atoms.